The summed E-state index contributed by atoms with van der Waals surface area (Å²) >= 11 is 0. The molecule has 0 atom stereocenters. The number of aromatic nitrogens is 4. The molecule has 0 aliphatic rings. The van der Waals surface area contributed by atoms with Crippen LogP contribution in [0.25, 0.3) is 21.8 Å². The van der Waals surface area contributed by atoms with Crippen LogP contribution in [0.4, 0.5) is 13.2 Å². The summed E-state index contributed by atoms with van der Waals surface area (Å²) in [7, 11) is 0. The van der Waals surface area contributed by atoms with E-state index in [1.807, 2.05) is 0 Å². The highest BCUT2D eigenvalue weighted by Gasteiger charge is 2.03. The Kier molecular flexibility index (Phi) is 7.05. The third-order valence-corrected chi connectivity index (χ3v) is 2.87. The Morgan fingerprint density at radius 3 is 2.28 bits per heavy atom. The number of hydrogen-bond acceptors (Lipinski definition) is 4. The van der Waals surface area contributed by atoms with E-state index in [4.69, 9.17) is 9.59 Å². The van der Waals surface area contributed by atoms with E-state index in [1.165, 1.54) is 24.3 Å². The van der Waals surface area contributed by atoms with Gasteiger partial charge in [-0.05, 0) is 36.4 Å². The fraction of sp³-hybridized carbons (Fsp3) is 0.0625. The van der Waals surface area contributed by atoms with Crippen LogP contribution in [0.5, 0.6) is 0 Å². The lowest BCUT2D eigenvalue weighted by Crippen LogP contribution is -1.74. The zero-order chi connectivity index (χ0) is 17.5. The maximum atomic E-state index is 12.6. The molecule has 0 bridgehead atoms. The molecule has 4 rings (SSSR count). The van der Waals surface area contributed by atoms with E-state index in [-0.39, 0.29) is 24.8 Å². The molecular formula is C16H13F3N4O2. The molecule has 9 heteroatoms. The number of aromatic amines is 2. The van der Waals surface area contributed by atoms with Gasteiger partial charge in [-0.25, -0.2) is 8.78 Å². The van der Waals surface area contributed by atoms with Gasteiger partial charge in [-0.3, -0.25) is 10.2 Å². The number of nitrogens with zero attached hydrogens (tertiary/aromatic N) is 2. The maximum absolute atomic E-state index is 12.6. The lowest BCUT2D eigenvalue weighted by molar-refractivity contribution is -0.191. The highest BCUT2D eigenvalue weighted by molar-refractivity contribution is 5.78. The Morgan fingerprint density at radius 1 is 0.920 bits per heavy atom. The van der Waals surface area contributed by atoms with Crippen LogP contribution in [0.3, 0.4) is 0 Å². The van der Waals surface area contributed by atoms with Crippen molar-refractivity contribution >= 4 is 28.0 Å². The molecule has 2 N–H and O–H groups in total. The minimum Gasteiger partial charge on any atom is -0.278 e. The maximum Gasteiger partial charge on any atom is 0.373 e. The molecule has 0 radical (unpaired) electrons. The summed E-state index contributed by atoms with van der Waals surface area (Å²) in [4.78, 5) is 16.2. The summed E-state index contributed by atoms with van der Waals surface area (Å²) in [6.07, 6.45) is 1.85. The molecule has 0 unspecified atom stereocenters. The number of hydrogen-bond donors (Lipinski definition) is 2. The highest BCUT2D eigenvalue weighted by atomic mass is 19.1. The summed E-state index contributed by atoms with van der Waals surface area (Å²) in [6.45, 7) is 0. The topological polar surface area (TPSA) is 91.5 Å². The normalized spacial score (nSPS) is 9.24. The van der Waals surface area contributed by atoms with Gasteiger partial charge in [-0.15, -0.1) is 0 Å². The van der Waals surface area contributed by atoms with Crippen LogP contribution in [0, 0.1) is 17.6 Å². The van der Waals surface area contributed by atoms with Crippen molar-refractivity contribution < 1.29 is 22.8 Å². The third kappa shape index (κ3) is 5.02. The first kappa shape index (κ1) is 19.6. The molecule has 2 aromatic carbocycles. The molecule has 0 saturated carbocycles. The number of benzene rings is 2. The number of carbonyl (C=O) groups excluding carboxylic acids is 2. The predicted octanol–water partition coefficient (Wildman–Crippen LogP) is 3.60. The van der Waals surface area contributed by atoms with Crippen molar-refractivity contribution in [1.29, 1.82) is 0 Å². The molecule has 0 aliphatic heterocycles. The van der Waals surface area contributed by atoms with Gasteiger partial charge in [-0.1, -0.05) is 7.43 Å². The van der Waals surface area contributed by atoms with Crippen LogP contribution in [0.15, 0.2) is 42.6 Å². The minimum absolute atomic E-state index is 0. The molecule has 2 aromatic heterocycles. The van der Waals surface area contributed by atoms with Crippen LogP contribution >= 0.6 is 0 Å². The number of H-pyrrole nitrogens is 2. The SMILES string of the molecule is C.Fc1ccc2[nH]ncc2c1.Fc1ccc2n[nH]c(F)c2c1.O=C=O. The van der Waals surface area contributed by atoms with E-state index in [0.717, 1.165) is 17.0 Å². The van der Waals surface area contributed by atoms with E-state index in [9.17, 15) is 13.2 Å². The Morgan fingerprint density at radius 2 is 1.56 bits per heavy atom. The number of fused-ring (bicyclic) bond motifs is 2. The van der Waals surface area contributed by atoms with Crippen LogP contribution in [0.1, 0.15) is 7.43 Å². The summed E-state index contributed by atoms with van der Waals surface area (Å²) in [5, 5.41) is 13.2. The first-order chi connectivity index (χ1) is 11.5. The van der Waals surface area contributed by atoms with E-state index in [2.05, 4.69) is 20.4 Å². The van der Waals surface area contributed by atoms with E-state index in [0.29, 0.717) is 5.52 Å². The lowest BCUT2D eigenvalue weighted by Gasteiger charge is -1.86. The molecule has 0 fully saturated rings. The average molecular weight is 350 g/mol. The van der Waals surface area contributed by atoms with Crippen molar-refractivity contribution in [1.82, 2.24) is 20.4 Å². The molecule has 6 nitrogen and oxygen atoms in total. The largest absolute Gasteiger partial charge is 0.373 e. The van der Waals surface area contributed by atoms with Crippen molar-refractivity contribution in [2.24, 2.45) is 0 Å². The standard InChI is InChI=1S/C7H4F2N2.C7H5FN2.CO2.CH4/c8-4-1-2-6-5(3-4)7(9)11-10-6;8-6-1-2-7-5(3-6)4-9-10-7;2-1-3;/h1-3H,(H,10,11);1-4H,(H,9,10);;1H4. The molecule has 2 heterocycles. The molecule has 0 amide bonds. The first-order valence-electron chi connectivity index (χ1n) is 6.42. The van der Waals surface area contributed by atoms with Gasteiger partial charge < -0.3 is 0 Å². The van der Waals surface area contributed by atoms with Crippen molar-refractivity contribution in [2.45, 2.75) is 7.43 Å². The van der Waals surface area contributed by atoms with E-state index < -0.39 is 11.8 Å². The molecular weight excluding hydrogens is 337 g/mol. The van der Waals surface area contributed by atoms with Crippen molar-refractivity contribution in [3.05, 3.63) is 60.2 Å². The molecule has 130 valence electrons. The molecule has 4 aromatic rings. The minimum atomic E-state index is -0.598. The molecule has 0 aliphatic carbocycles. The van der Waals surface area contributed by atoms with Gasteiger partial charge in [0.2, 0.25) is 5.95 Å². The summed E-state index contributed by atoms with van der Waals surface area (Å²) < 4.78 is 37.6. The van der Waals surface area contributed by atoms with Crippen molar-refractivity contribution in [2.75, 3.05) is 0 Å². The smallest absolute Gasteiger partial charge is 0.278 e. The summed E-state index contributed by atoms with van der Waals surface area (Å²) in [5.41, 5.74) is 1.30. The van der Waals surface area contributed by atoms with E-state index >= 15 is 0 Å². The van der Waals surface area contributed by atoms with Gasteiger partial charge >= 0.3 is 6.15 Å². The highest BCUT2D eigenvalue weighted by Crippen LogP contribution is 2.15. The second-order valence-corrected chi connectivity index (χ2v) is 4.38. The van der Waals surface area contributed by atoms with E-state index in [1.54, 1.807) is 12.3 Å². The van der Waals surface area contributed by atoms with Crippen LogP contribution < -0.4 is 0 Å². The number of rotatable bonds is 0. The lowest BCUT2D eigenvalue weighted by atomic mass is 10.2. The number of halogens is 3. The second-order valence-electron chi connectivity index (χ2n) is 4.38. The summed E-state index contributed by atoms with van der Waals surface area (Å²) in [5.74, 6) is -1.29. The monoisotopic (exact) mass is 350 g/mol. The van der Waals surface area contributed by atoms with Crippen molar-refractivity contribution in [3.63, 3.8) is 0 Å². The fourth-order valence-corrected chi connectivity index (χ4v) is 1.86. The van der Waals surface area contributed by atoms with Gasteiger partial charge in [0.25, 0.3) is 0 Å². The van der Waals surface area contributed by atoms with Gasteiger partial charge in [0, 0.05) is 5.39 Å². The van der Waals surface area contributed by atoms with Crippen LogP contribution in [0.2, 0.25) is 0 Å². The van der Waals surface area contributed by atoms with Gasteiger partial charge in [0.1, 0.15) is 11.6 Å². The molecule has 0 spiro atoms. The Balaban J connectivity index is 0.000000210. The van der Waals surface area contributed by atoms with Crippen LogP contribution in [-0.4, -0.2) is 26.5 Å². The Bertz CT molecular complexity index is 991. The zero-order valence-corrected chi connectivity index (χ0v) is 11.9. The average Bonchev–Trinajstić information content (AvgIpc) is 3.15. The fourth-order valence-electron chi connectivity index (χ4n) is 1.86. The molecule has 25 heavy (non-hydrogen) atoms. The second kappa shape index (κ2) is 8.99. The quantitative estimate of drug-likeness (QED) is 0.507. The summed E-state index contributed by atoms with van der Waals surface area (Å²) in [6, 6.07) is 8.28. The first-order valence-corrected chi connectivity index (χ1v) is 6.42. The van der Waals surface area contributed by atoms with Gasteiger partial charge in [0.05, 0.1) is 22.6 Å². The van der Waals surface area contributed by atoms with Crippen molar-refractivity contribution in [3.8, 4) is 0 Å². The van der Waals surface area contributed by atoms with Gasteiger partial charge in [-0.2, -0.15) is 24.2 Å². The Hall–Kier alpha value is -3.45. The van der Waals surface area contributed by atoms with Gasteiger partial charge in [0.15, 0.2) is 0 Å². The number of nitrogens with one attached hydrogen (secondary N) is 2. The Labute approximate surface area is 139 Å². The van der Waals surface area contributed by atoms with Crippen LogP contribution in [-0.2, 0) is 9.59 Å². The third-order valence-electron chi connectivity index (χ3n) is 2.87. The predicted molar refractivity (Wildman–Crippen MR) is 83.8 cm³/mol. The molecule has 0 saturated heterocycles. The zero-order valence-electron chi connectivity index (χ0n) is 11.9.